The van der Waals surface area contributed by atoms with Gasteiger partial charge in [-0.1, -0.05) is 0 Å². The van der Waals surface area contributed by atoms with Gasteiger partial charge in [-0.25, -0.2) is 15.0 Å². The van der Waals surface area contributed by atoms with E-state index in [0.29, 0.717) is 5.65 Å². The Labute approximate surface area is 126 Å². The number of nitrogens with one attached hydrogen (secondary N) is 1. The molecule has 0 aliphatic rings. The normalized spacial score (nSPS) is 14.6. The maximum absolute atomic E-state index is 9.76. The fourth-order valence-electron chi connectivity index (χ4n) is 1.51. The number of anilines is 1. The van der Waals surface area contributed by atoms with E-state index in [4.69, 9.17) is 20.4 Å². The molecule has 2 rings (SSSR count). The molecule has 2 heterocycles. The molecule has 0 aliphatic heterocycles. The summed E-state index contributed by atoms with van der Waals surface area (Å²) < 4.78 is 0. The van der Waals surface area contributed by atoms with Crippen molar-refractivity contribution in [2.75, 3.05) is 25.6 Å². The molecule has 0 radical (unpaired) electrons. The number of nitrogens with zero attached hydrogens (tertiary/aromatic N) is 4. The number of aromatic nitrogens is 4. The summed E-state index contributed by atoms with van der Waals surface area (Å²) in [5, 5.41) is 34.1. The maximum Gasteiger partial charge on any atom is 0.182 e. The number of hydrogen-bond donors (Lipinski definition) is 5. The first-order valence-electron chi connectivity index (χ1n) is 6.34. The molecule has 0 amide bonds. The third kappa shape index (κ3) is 4.43. The van der Waals surface area contributed by atoms with Gasteiger partial charge in [-0.3, -0.25) is 0 Å². The Kier molecular flexibility index (Phi) is 6.79. The summed E-state index contributed by atoms with van der Waals surface area (Å²) in [6.45, 7) is -0.688. The molecule has 0 saturated heterocycles. The van der Waals surface area contributed by atoms with Crippen LogP contribution in [0.15, 0.2) is 12.7 Å². The van der Waals surface area contributed by atoms with Crippen LogP contribution in [0.1, 0.15) is 0 Å². The summed E-state index contributed by atoms with van der Waals surface area (Å²) in [6.07, 6.45) is -1.50. The quantitative estimate of drug-likeness (QED) is 0.382. The van der Waals surface area contributed by atoms with E-state index in [1.807, 2.05) is 19.0 Å². The predicted octanol–water partition coefficient (Wildman–Crippen LogP) is -2.32. The number of imidazole rings is 1. The average molecular weight is 313 g/mol. The smallest absolute Gasteiger partial charge is 0.182 e. The Morgan fingerprint density at radius 3 is 2.50 bits per heavy atom. The zero-order valence-electron chi connectivity index (χ0n) is 12.2. The summed E-state index contributed by atoms with van der Waals surface area (Å²) in [4.78, 5) is 26.8. The van der Waals surface area contributed by atoms with Gasteiger partial charge in [0.25, 0.3) is 0 Å². The summed E-state index contributed by atoms with van der Waals surface area (Å²) in [6, 6.07) is 0. The van der Waals surface area contributed by atoms with Crippen LogP contribution in [0, 0.1) is 0 Å². The van der Waals surface area contributed by atoms with Gasteiger partial charge in [0.2, 0.25) is 0 Å². The number of aldehydes is 1. The van der Waals surface area contributed by atoms with Crippen LogP contribution < -0.4 is 4.90 Å². The number of aliphatic hydroxyl groups excluding tert-OH is 4. The lowest BCUT2D eigenvalue weighted by atomic mass is 10.1. The van der Waals surface area contributed by atoms with E-state index >= 15 is 0 Å². The molecule has 0 spiro atoms. The minimum Gasteiger partial charge on any atom is -0.394 e. The highest BCUT2D eigenvalue weighted by molar-refractivity contribution is 5.82. The highest BCUT2D eigenvalue weighted by Crippen LogP contribution is 2.16. The van der Waals surface area contributed by atoms with Gasteiger partial charge in [0.15, 0.2) is 17.8 Å². The van der Waals surface area contributed by atoms with Crippen molar-refractivity contribution in [3.05, 3.63) is 12.7 Å². The van der Waals surface area contributed by atoms with Gasteiger partial charge in [-0.2, -0.15) is 0 Å². The maximum atomic E-state index is 9.76. The zero-order valence-corrected chi connectivity index (χ0v) is 12.2. The molecule has 10 nitrogen and oxygen atoms in total. The lowest BCUT2D eigenvalue weighted by Crippen LogP contribution is -2.40. The summed E-state index contributed by atoms with van der Waals surface area (Å²) >= 11 is 0. The van der Waals surface area contributed by atoms with Crippen molar-refractivity contribution in [2.24, 2.45) is 0 Å². The van der Waals surface area contributed by atoms with Crippen LogP contribution >= 0.6 is 0 Å². The first-order chi connectivity index (χ1) is 10.4. The molecule has 5 N–H and O–H groups in total. The van der Waals surface area contributed by atoms with Crippen LogP contribution in [-0.4, -0.2) is 85.7 Å². The number of rotatable bonds is 5. The molecule has 0 fully saturated rings. The third-order valence-corrected chi connectivity index (χ3v) is 2.70. The van der Waals surface area contributed by atoms with Crippen molar-refractivity contribution in [1.29, 1.82) is 0 Å². The van der Waals surface area contributed by atoms with Crippen molar-refractivity contribution >= 4 is 23.3 Å². The van der Waals surface area contributed by atoms with E-state index in [-0.39, 0.29) is 6.29 Å². The minimum absolute atomic E-state index is 0.0869. The minimum atomic E-state index is -1.64. The monoisotopic (exact) mass is 313 g/mol. The molecule has 2 aromatic rings. The zero-order chi connectivity index (χ0) is 16.7. The topological polar surface area (TPSA) is 156 Å². The number of aliphatic hydroxyl groups is 4. The Balaban J connectivity index is 0.000000225. The first kappa shape index (κ1) is 17.9. The van der Waals surface area contributed by atoms with E-state index in [9.17, 15) is 4.79 Å². The largest absolute Gasteiger partial charge is 0.394 e. The molecule has 0 aromatic carbocycles. The lowest BCUT2D eigenvalue weighted by molar-refractivity contribution is -0.127. The molecule has 2 aromatic heterocycles. The van der Waals surface area contributed by atoms with Crippen LogP contribution in [0.4, 0.5) is 5.82 Å². The number of carbonyl (C=O) groups excluding carboxylic acids is 1. The molecule has 10 heteroatoms. The molecule has 3 unspecified atom stereocenters. The molecule has 122 valence electrons. The van der Waals surface area contributed by atoms with Gasteiger partial charge in [0.05, 0.1) is 12.9 Å². The standard InChI is InChI=1S/C7H9N5.C5H10O5/c1-12(2)7-5-6(9-3-8-5)10-4-11-7;6-1-3(8)5(10)4(9)2-7/h3-4H,1-2H3,(H,8,9,10,11);1,3-5,7-10H,2H2. The average Bonchev–Trinajstić information content (AvgIpc) is 3.01. The SMILES string of the molecule is CN(C)c1ncnc2nc[nH]c12.O=CC(O)C(O)C(O)CO. The Bertz CT molecular complexity index is 590. The van der Waals surface area contributed by atoms with Crippen LogP contribution in [-0.2, 0) is 4.79 Å². The van der Waals surface area contributed by atoms with E-state index in [0.717, 1.165) is 11.3 Å². The first-order valence-corrected chi connectivity index (χ1v) is 6.34. The van der Waals surface area contributed by atoms with E-state index in [2.05, 4.69) is 19.9 Å². The molecule has 0 saturated carbocycles. The highest BCUT2D eigenvalue weighted by atomic mass is 16.4. The van der Waals surface area contributed by atoms with Crippen LogP contribution in [0.5, 0.6) is 0 Å². The van der Waals surface area contributed by atoms with E-state index in [1.54, 1.807) is 6.33 Å². The van der Waals surface area contributed by atoms with Gasteiger partial charge in [-0.15, -0.1) is 0 Å². The second-order valence-corrected chi connectivity index (χ2v) is 4.56. The Morgan fingerprint density at radius 1 is 1.27 bits per heavy atom. The lowest BCUT2D eigenvalue weighted by Gasteiger charge is -2.16. The van der Waals surface area contributed by atoms with Crippen LogP contribution in [0.25, 0.3) is 11.2 Å². The Hall–Kier alpha value is -2.14. The van der Waals surface area contributed by atoms with Crippen molar-refractivity contribution < 1.29 is 25.2 Å². The van der Waals surface area contributed by atoms with E-state index in [1.165, 1.54) is 6.33 Å². The van der Waals surface area contributed by atoms with Crippen molar-refractivity contribution in [2.45, 2.75) is 18.3 Å². The van der Waals surface area contributed by atoms with Gasteiger partial charge in [0, 0.05) is 14.1 Å². The van der Waals surface area contributed by atoms with E-state index < -0.39 is 24.9 Å². The highest BCUT2D eigenvalue weighted by Gasteiger charge is 2.22. The fraction of sp³-hybridized carbons (Fsp3) is 0.500. The number of fused-ring (bicyclic) bond motifs is 1. The van der Waals surface area contributed by atoms with Crippen molar-refractivity contribution in [3.8, 4) is 0 Å². The predicted molar refractivity (Wildman–Crippen MR) is 77.2 cm³/mol. The van der Waals surface area contributed by atoms with Gasteiger partial charge < -0.3 is 35.1 Å². The number of carbonyl (C=O) groups is 1. The van der Waals surface area contributed by atoms with Crippen LogP contribution in [0.2, 0.25) is 0 Å². The van der Waals surface area contributed by atoms with Crippen molar-refractivity contribution in [3.63, 3.8) is 0 Å². The number of H-pyrrole nitrogens is 1. The van der Waals surface area contributed by atoms with Gasteiger partial charge >= 0.3 is 0 Å². The van der Waals surface area contributed by atoms with Crippen LogP contribution in [0.3, 0.4) is 0 Å². The molecular weight excluding hydrogens is 294 g/mol. The van der Waals surface area contributed by atoms with Gasteiger partial charge in [-0.05, 0) is 0 Å². The molecule has 22 heavy (non-hydrogen) atoms. The Morgan fingerprint density at radius 2 is 1.95 bits per heavy atom. The number of aromatic amines is 1. The molecule has 0 bridgehead atoms. The summed E-state index contributed by atoms with van der Waals surface area (Å²) in [5.41, 5.74) is 1.58. The summed E-state index contributed by atoms with van der Waals surface area (Å²) in [5.74, 6) is 0.859. The molecular formula is C12H19N5O5. The molecule has 0 aliphatic carbocycles. The fourth-order valence-corrected chi connectivity index (χ4v) is 1.51. The second kappa shape index (κ2) is 8.34. The number of hydrogen-bond acceptors (Lipinski definition) is 9. The van der Waals surface area contributed by atoms with Crippen molar-refractivity contribution in [1.82, 2.24) is 19.9 Å². The molecule has 3 atom stereocenters. The third-order valence-electron chi connectivity index (χ3n) is 2.70. The second-order valence-electron chi connectivity index (χ2n) is 4.56. The summed E-state index contributed by atoms with van der Waals surface area (Å²) in [7, 11) is 3.87. The van der Waals surface area contributed by atoms with Gasteiger partial charge in [0.1, 0.15) is 30.2 Å².